The van der Waals surface area contributed by atoms with Crippen LogP contribution in [0.2, 0.25) is 0 Å². The minimum absolute atomic E-state index is 0.149. The molecule has 2 unspecified atom stereocenters. The molecule has 4 heteroatoms. The third-order valence-electron chi connectivity index (χ3n) is 3.13. The van der Waals surface area contributed by atoms with Crippen LogP contribution in [0, 0.1) is 5.92 Å². The number of rotatable bonds is 6. The Labute approximate surface area is 106 Å². The number of nitrogens with one attached hydrogen (secondary N) is 1. The number of alkyl halides is 1. The van der Waals surface area contributed by atoms with E-state index in [9.17, 15) is 9.90 Å². The molecule has 0 bridgehead atoms. The van der Waals surface area contributed by atoms with Crippen molar-refractivity contribution in [3.05, 3.63) is 0 Å². The minimum atomic E-state index is -0.149. The highest BCUT2D eigenvalue weighted by molar-refractivity contribution is 9.09. The second kappa shape index (κ2) is 8.07. The highest BCUT2D eigenvalue weighted by Crippen LogP contribution is 2.23. The molecule has 3 nitrogen and oxygen atoms in total. The molecule has 16 heavy (non-hydrogen) atoms. The van der Waals surface area contributed by atoms with E-state index in [4.69, 9.17) is 0 Å². The van der Waals surface area contributed by atoms with Crippen molar-refractivity contribution in [2.75, 3.05) is 11.9 Å². The van der Waals surface area contributed by atoms with Crippen LogP contribution in [0.5, 0.6) is 0 Å². The first-order valence-corrected chi connectivity index (χ1v) is 7.35. The Morgan fingerprint density at radius 1 is 1.38 bits per heavy atom. The van der Waals surface area contributed by atoms with Gasteiger partial charge in [0.15, 0.2) is 0 Å². The lowest BCUT2D eigenvalue weighted by Crippen LogP contribution is -2.32. The quantitative estimate of drug-likeness (QED) is 0.582. The summed E-state index contributed by atoms with van der Waals surface area (Å²) in [4.78, 5) is 11.5. The Bertz CT molecular complexity index is 211. The summed E-state index contributed by atoms with van der Waals surface area (Å²) in [6.07, 6.45) is 6.48. The predicted molar refractivity (Wildman–Crippen MR) is 68.6 cm³/mol. The van der Waals surface area contributed by atoms with E-state index in [1.807, 2.05) is 0 Å². The molecule has 1 saturated carbocycles. The van der Waals surface area contributed by atoms with Gasteiger partial charge in [0.25, 0.3) is 0 Å². The highest BCUT2D eigenvalue weighted by atomic mass is 79.9. The van der Waals surface area contributed by atoms with Crippen LogP contribution >= 0.6 is 15.9 Å². The lowest BCUT2D eigenvalue weighted by Gasteiger charge is -2.25. The van der Waals surface area contributed by atoms with Crippen molar-refractivity contribution in [1.82, 2.24) is 5.32 Å². The van der Waals surface area contributed by atoms with Gasteiger partial charge in [-0.1, -0.05) is 22.4 Å². The van der Waals surface area contributed by atoms with Crippen molar-refractivity contribution in [3.63, 3.8) is 0 Å². The molecule has 0 aromatic rings. The van der Waals surface area contributed by atoms with Crippen molar-refractivity contribution in [1.29, 1.82) is 0 Å². The summed E-state index contributed by atoms with van der Waals surface area (Å²) in [5.74, 6) is 0.630. The van der Waals surface area contributed by atoms with Crippen LogP contribution in [-0.2, 0) is 4.79 Å². The van der Waals surface area contributed by atoms with E-state index >= 15 is 0 Å². The standard InChI is InChI=1S/C12H22BrNO2/c13-7-2-1-6-12(16)14-9-10-4-3-5-11(15)8-10/h10-11,15H,1-9H2,(H,14,16). The molecule has 1 aliphatic carbocycles. The van der Waals surface area contributed by atoms with Crippen LogP contribution in [0.1, 0.15) is 44.9 Å². The normalized spacial score (nSPS) is 25.4. The van der Waals surface area contributed by atoms with Crippen LogP contribution in [0.4, 0.5) is 0 Å². The van der Waals surface area contributed by atoms with E-state index in [-0.39, 0.29) is 12.0 Å². The first kappa shape index (κ1) is 14.0. The molecule has 0 aromatic heterocycles. The maximum atomic E-state index is 11.5. The van der Waals surface area contributed by atoms with E-state index < -0.39 is 0 Å². The maximum absolute atomic E-state index is 11.5. The van der Waals surface area contributed by atoms with E-state index in [1.54, 1.807) is 0 Å². The minimum Gasteiger partial charge on any atom is -0.393 e. The molecule has 0 saturated heterocycles. The van der Waals surface area contributed by atoms with Gasteiger partial charge in [0, 0.05) is 18.3 Å². The summed E-state index contributed by atoms with van der Waals surface area (Å²) < 4.78 is 0. The molecule has 0 aromatic carbocycles. The molecule has 0 heterocycles. The fourth-order valence-electron chi connectivity index (χ4n) is 2.17. The molecule has 0 aliphatic heterocycles. The number of aliphatic hydroxyl groups excluding tert-OH is 1. The van der Waals surface area contributed by atoms with Crippen LogP contribution in [0.3, 0.4) is 0 Å². The Hall–Kier alpha value is -0.0900. The van der Waals surface area contributed by atoms with Crippen LogP contribution in [-0.4, -0.2) is 29.0 Å². The smallest absolute Gasteiger partial charge is 0.220 e. The third-order valence-corrected chi connectivity index (χ3v) is 3.69. The average molecular weight is 292 g/mol. The molecule has 1 amide bonds. The number of carbonyl (C=O) groups excluding carboxylic acids is 1. The first-order valence-electron chi connectivity index (χ1n) is 6.23. The predicted octanol–water partition coefficient (Wildman–Crippen LogP) is 2.22. The second-order valence-electron chi connectivity index (χ2n) is 4.64. The summed E-state index contributed by atoms with van der Waals surface area (Å²) in [6, 6.07) is 0. The molecule has 2 N–H and O–H groups in total. The van der Waals surface area contributed by atoms with Gasteiger partial charge in [-0.2, -0.15) is 0 Å². The number of amides is 1. The number of carbonyl (C=O) groups is 1. The van der Waals surface area contributed by atoms with Crippen molar-refractivity contribution in [3.8, 4) is 0 Å². The third kappa shape index (κ3) is 5.85. The molecule has 1 aliphatic rings. The number of hydrogen-bond acceptors (Lipinski definition) is 2. The highest BCUT2D eigenvalue weighted by Gasteiger charge is 2.20. The topological polar surface area (TPSA) is 49.3 Å². The fourth-order valence-corrected chi connectivity index (χ4v) is 2.57. The number of aliphatic hydroxyl groups is 1. The average Bonchev–Trinajstić information content (AvgIpc) is 2.27. The fraction of sp³-hybridized carbons (Fsp3) is 0.917. The Kier molecular flexibility index (Phi) is 7.05. The maximum Gasteiger partial charge on any atom is 0.220 e. The number of hydrogen-bond donors (Lipinski definition) is 2. The van der Waals surface area contributed by atoms with Crippen molar-refractivity contribution >= 4 is 21.8 Å². The molecule has 94 valence electrons. The zero-order valence-electron chi connectivity index (χ0n) is 9.75. The van der Waals surface area contributed by atoms with Crippen LogP contribution in [0.15, 0.2) is 0 Å². The van der Waals surface area contributed by atoms with Gasteiger partial charge < -0.3 is 10.4 Å². The Morgan fingerprint density at radius 3 is 2.88 bits per heavy atom. The lowest BCUT2D eigenvalue weighted by molar-refractivity contribution is -0.121. The lowest BCUT2D eigenvalue weighted by atomic mass is 9.87. The van der Waals surface area contributed by atoms with Crippen LogP contribution in [0.25, 0.3) is 0 Å². The van der Waals surface area contributed by atoms with E-state index in [1.165, 1.54) is 0 Å². The van der Waals surface area contributed by atoms with Crippen LogP contribution < -0.4 is 5.32 Å². The summed E-state index contributed by atoms with van der Waals surface area (Å²) in [5, 5.41) is 13.4. The summed E-state index contributed by atoms with van der Waals surface area (Å²) in [5.41, 5.74) is 0. The van der Waals surface area contributed by atoms with E-state index in [0.717, 1.165) is 50.4 Å². The summed E-state index contributed by atoms with van der Waals surface area (Å²) >= 11 is 3.35. The van der Waals surface area contributed by atoms with Gasteiger partial charge in [0.1, 0.15) is 0 Å². The number of halogens is 1. The largest absolute Gasteiger partial charge is 0.393 e. The molecular weight excluding hydrogens is 270 g/mol. The van der Waals surface area contributed by atoms with Gasteiger partial charge in [0.05, 0.1) is 6.10 Å². The molecule has 2 atom stereocenters. The van der Waals surface area contributed by atoms with E-state index in [0.29, 0.717) is 12.3 Å². The van der Waals surface area contributed by atoms with Gasteiger partial charge in [-0.25, -0.2) is 0 Å². The van der Waals surface area contributed by atoms with Gasteiger partial charge in [-0.05, 0) is 38.0 Å². The molecular formula is C12H22BrNO2. The summed E-state index contributed by atoms with van der Waals surface area (Å²) in [7, 11) is 0. The Balaban J connectivity index is 2.06. The second-order valence-corrected chi connectivity index (χ2v) is 5.43. The van der Waals surface area contributed by atoms with Gasteiger partial charge >= 0.3 is 0 Å². The molecule has 1 rings (SSSR count). The molecule has 0 spiro atoms. The van der Waals surface area contributed by atoms with Gasteiger partial charge in [-0.15, -0.1) is 0 Å². The van der Waals surface area contributed by atoms with Crippen molar-refractivity contribution in [2.24, 2.45) is 5.92 Å². The zero-order valence-corrected chi connectivity index (χ0v) is 11.3. The van der Waals surface area contributed by atoms with Gasteiger partial charge in [-0.3, -0.25) is 4.79 Å². The van der Waals surface area contributed by atoms with Gasteiger partial charge in [0.2, 0.25) is 5.91 Å². The first-order chi connectivity index (χ1) is 7.72. The number of unbranched alkanes of at least 4 members (excludes halogenated alkanes) is 1. The van der Waals surface area contributed by atoms with Crippen molar-refractivity contribution in [2.45, 2.75) is 51.0 Å². The summed E-state index contributed by atoms with van der Waals surface area (Å²) in [6.45, 7) is 0.740. The molecule has 0 radical (unpaired) electrons. The zero-order chi connectivity index (χ0) is 11.8. The SMILES string of the molecule is O=C(CCCCBr)NCC1CCCC(O)C1. The molecule has 1 fully saturated rings. The van der Waals surface area contributed by atoms with E-state index in [2.05, 4.69) is 21.2 Å². The van der Waals surface area contributed by atoms with Crippen molar-refractivity contribution < 1.29 is 9.90 Å². The Morgan fingerprint density at radius 2 is 2.19 bits per heavy atom. The monoisotopic (exact) mass is 291 g/mol.